The Morgan fingerprint density at radius 2 is 1.51 bits per heavy atom. The van der Waals surface area contributed by atoms with Crippen molar-refractivity contribution < 1.29 is 14.3 Å². The minimum Gasteiger partial charge on any atom is -0.483 e. The van der Waals surface area contributed by atoms with Crippen molar-refractivity contribution >= 4 is 23.2 Å². The van der Waals surface area contributed by atoms with Crippen LogP contribution in [-0.4, -0.2) is 25.5 Å². The zero-order chi connectivity index (χ0) is 25.8. The lowest BCUT2D eigenvalue weighted by Crippen LogP contribution is -2.26. The van der Waals surface area contributed by atoms with Crippen LogP contribution in [0, 0.1) is 0 Å². The smallest absolute Gasteiger partial charge is 0.262 e. The second kappa shape index (κ2) is 10.3. The van der Waals surface area contributed by atoms with Gasteiger partial charge in [-0.3, -0.25) is 9.59 Å². The summed E-state index contributed by atoms with van der Waals surface area (Å²) in [7, 11) is 1.73. The molecule has 3 rings (SSSR count). The normalized spacial score (nSPS) is 11.6. The van der Waals surface area contributed by atoms with Gasteiger partial charge in [-0.15, -0.1) is 0 Å². The molecule has 3 aromatic carbocycles. The summed E-state index contributed by atoms with van der Waals surface area (Å²) < 4.78 is 5.95. The van der Waals surface area contributed by atoms with Crippen molar-refractivity contribution in [2.24, 2.45) is 0 Å². The van der Waals surface area contributed by atoms with Gasteiger partial charge in [0.1, 0.15) is 5.75 Å². The molecule has 0 aliphatic heterocycles. The van der Waals surface area contributed by atoms with E-state index in [2.05, 4.69) is 59.0 Å². The lowest BCUT2D eigenvalue weighted by molar-refractivity contribution is -0.118. The van der Waals surface area contributed by atoms with Gasteiger partial charge < -0.3 is 15.0 Å². The van der Waals surface area contributed by atoms with E-state index in [0.29, 0.717) is 17.0 Å². The number of nitrogens with zero attached hydrogens (tertiary/aromatic N) is 1. The number of carbonyl (C=O) groups is 2. The first-order valence-electron chi connectivity index (χ1n) is 11.9. The second-order valence-corrected chi connectivity index (χ2v) is 10.8. The Kier molecular flexibility index (Phi) is 7.69. The van der Waals surface area contributed by atoms with E-state index in [9.17, 15) is 9.59 Å². The van der Waals surface area contributed by atoms with Gasteiger partial charge in [-0.2, -0.15) is 0 Å². The highest BCUT2D eigenvalue weighted by Crippen LogP contribution is 2.35. The zero-order valence-corrected chi connectivity index (χ0v) is 21.8. The third-order valence-electron chi connectivity index (χ3n) is 5.85. The first-order chi connectivity index (χ1) is 16.4. The van der Waals surface area contributed by atoms with Crippen molar-refractivity contribution in [1.82, 2.24) is 0 Å². The van der Waals surface area contributed by atoms with Gasteiger partial charge in [0.25, 0.3) is 11.8 Å². The Balaban J connectivity index is 1.69. The van der Waals surface area contributed by atoms with Crippen molar-refractivity contribution in [3.63, 3.8) is 0 Å². The topological polar surface area (TPSA) is 58.6 Å². The molecule has 0 unspecified atom stereocenters. The van der Waals surface area contributed by atoms with E-state index in [-0.39, 0.29) is 29.3 Å². The molecule has 0 aliphatic rings. The Morgan fingerprint density at radius 1 is 0.829 bits per heavy atom. The van der Waals surface area contributed by atoms with Gasteiger partial charge in [0.05, 0.1) is 0 Å². The van der Waals surface area contributed by atoms with E-state index in [4.69, 9.17) is 4.74 Å². The molecule has 5 nitrogen and oxygen atoms in total. The molecule has 0 heterocycles. The fourth-order valence-corrected chi connectivity index (χ4v) is 3.74. The molecule has 0 aliphatic carbocycles. The fraction of sp³-hybridized carbons (Fsp3) is 0.333. The van der Waals surface area contributed by atoms with Crippen LogP contribution in [0.15, 0.2) is 72.8 Å². The van der Waals surface area contributed by atoms with Crippen LogP contribution < -0.4 is 15.0 Å². The Labute approximate surface area is 209 Å². The van der Waals surface area contributed by atoms with E-state index in [0.717, 1.165) is 11.3 Å². The summed E-state index contributed by atoms with van der Waals surface area (Å²) in [5.74, 6) is 0.261. The highest BCUT2D eigenvalue weighted by Gasteiger charge is 2.23. The van der Waals surface area contributed by atoms with Gasteiger partial charge in [0.15, 0.2) is 6.61 Å². The molecule has 3 aromatic rings. The summed E-state index contributed by atoms with van der Waals surface area (Å²) in [4.78, 5) is 27.2. The molecular formula is C30H36N2O3. The van der Waals surface area contributed by atoms with Crippen LogP contribution in [0.25, 0.3) is 0 Å². The lowest BCUT2D eigenvalue weighted by Gasteiger charge is -2.27. The average Bonchev–Trinajstić information content (AvgIpc) is 2.81. The number of benzene rings is 3. The Hall–Kier alpha value is -3.60. The predicted octanol–water partition coefficient (Wildman–Crippen LogP) is 6.58. The van der Waals surface area contributed by atoms with Gasteiger partial charge in [-0.05, 0) is 58.4 Å². The highest BCUT2D eigenvalue weighted by atomic mass is 16.5. The summed E-state index contributed by atoms with van der Waals surface area (Å²) >= 11 is 0. The first kappa shape index (κ1) is 26.0. The average molecular weight is 473 g/mol. The molecule has 184 valence electrons. The van der Waals surface area contributed by atoms with Gasteiger partial charge >= 0.3 is 0 Å². The molecule has 2 amide bonds. The van der Waals surface area contributed by atoms with Crippen LogP contribution in [0.5, 0.6) is 5.75 Å². The van der Waals surface area contributed by atoms with E-state index >= 15 is 0 Å². The van der Waals surface area contributed by atoms with Crippen LogP contribution in [0.2, 0.25) is 0 Å². The molecule has 1 N–H and O–H groups in total. The maximum absolute atomic E-state index is 12.9. The fourth-order valence-electron chi connectivity index (χ4n) is 3.74. The minimum absolute atomic E-state index is 0.0208. The molecule has 35 heavy (non-hydrogen) atoms. The number of hydrogen-bond donors (Lipinski definition) is 1. The molecule has 0 bridgehead atoms. The maximum atomic E-state index is 12.9. The molecule has 0 atom stereocenters. The van der Waals surface area contributed by atoms with Crippen molar-refractivity contribution in [2.75, 3.05) is 23.9 Å². The molecule has 0 spiro atoms. The predicted molar refractivity (Wildman–Crippen MR) is 144 cm³/mol. The zero-order valence-electron chi connectivity index (χ0n) is 21.8. The maximum Gasteiger partial charge on any atom is 0.262 e. The monoisotopic (exact) mass is 472 g/mol. The van der Waals surface area contributed by atoms with E-state index in [1.54, 1.807) is 36.2 Å². The number of amides is 2. The molecule has 0 saturated carbocycles. The third-order valence-corrected chi connectivity index (χ3v) is 5.85. The van der Waals surface area contributed by atoms with Crippen molar-refractivity contribution in [1.29, 1.82) is 0 Å². The molecule has 0 aromatic heterocycles. The summed E-state index contributed by atoms with van der Waals surface area (Å²) in [6, 6.07) is 22.5. The summed E-state index contributed by atoms with van der Waals surface area (Å²) in [5, 5.41) is 2.85. The summed E-state index contributed by atoms with van der Waals surface area (Å²) in [6.07, 6.45) is 0. The van der Waals surface area contributed by atoms with Crippen LogP contribution in [0.3, 0.4) is 0 Å². The largest absolute Gasteiger partial charge is 0.483 e. The number of hydrogen-bond acceptors (Lipinski definition) is 3. The third kappa shape index (κ3) is 6.72. The number of anilines is 2. The standard InChI is InChI=1S/C30H36N2O3/c1-29(2,3)22-16-17-26(25(19-22)30(4,5)6)35-20-27(33)31-23-13-11-12-21(18-23)28(34)32(7)24-14-9-8-10-15-24/h8-19H,20H2,1-7H3,(H,31,33). The van der Waals surface area contributed by atoms with Gasteiger partial charge in [0, 0.05) is 24.0 Å². The second-order valence-electron chi connectivity index (χ2n) is 10.8. The highest BCUT2D eigenvalue weighted by molar-refractivity contribution is 6.06. The van der Waals surface area contributed by atoms with Crippen molar-refractivity contribution in [3.05, 3.63) is 89.5 Å². The number of para-hydroxylation sites is 1. The summed E-state index contributed by atoms with van der Waals surface area (Å²) in [5.41, 5.74) is 4.01. The van der Waals surface area contributed by atoms with E-state index in [1.165, 1.54) is 5.56 Å². The van der Waals surface area contributed by atoms with Crippen LogP contribution in [0.4, 0.5) is 11.4 Å². The molecule has 0 radical (unpaired) electrons. The van der Waals surface area contributed by atoms with Crippen LogP contribution in [0.1, 0.15) is 63.0 Å². The number of ether oxygens (including phenoxy) is 1. The number of carbonyl (C=O) groups excluding carboxylic acids is 2. The molecule has 0 saturated heterocycles. The van der Waals surface area contributed by atoms with Gasteiger partial charge in [-0.25, -0.2) is 0 Å². The first-order valence-corrected chi connectivity index (χ1v) is 11.9. The molecule has 5 heteroatoms. The van der Waals surface area contributed by atoms with Crippen LogP contribution in [-0.2, 0) is 15.6 Å². The molecule has 0 fully saturated rings. The Bertz CT molecular complexity index is 1190. The van der Waals surface area contributed by atoms with Crippen molar-refractivity contribution in [2.45, 2.75) is 52.4 Å². The minimum atomic E-state index is -0.286. The number of rotatable bonds is 6. The van der Waals surface area contributed by atoms with Gasteiger partial charge in [-0.1, -0.05) is 77.9 Å². The molecular weight excluding hydrogens is 436 g/mol. The quantitative estimate of drug-likeness (QED) is 0.441. The van der Waals surface area contributed by atoms with E-state index < -0.39 is 0 Å². The van der Waals surface area contributed by atoms with Gasteiger partial charge in [0.2, 0.25) is 0 Å². The SMILES string of the molecule is CN(C(=O)c1cccc(NC(=O)COc2ccc(C(C)(C)C)cc2C(C)(C)C)c1)c1ccccc1. The van der Waals surface area contributed by atoms with E-state index in [1.807, 2.05) is 36.4 Å². The van der Waals surface area contributed by atoms with Crippen molar-refractivity contribution in [3.8, 4) is 5.75 Å². The summed E-state index contributed by atoms with van der Waals surface area (Å²) in [6.45, 7) is 12.8. The number of nitrogens with one attached hydrogen (secondary N) is 1. The lowest BCUT2D eigenvalue weighted by atomic mass is 9.80. The Morgan fingerprint density at radius 3 is 2.14 bits per heavy atom. The van der Waals surface area contributed by atoms with Crippen LogP contribution >= 0.6 is 0 Å².